The lowest BCUT2D eigenvalue weighted by atomic mass is 10.1. The summed E-state index contributed by atoms with van der Waals surface area (Å²) in [5.41, 5.74) is 5.95. The van der Waals surface area contributed by atoms with Crippen LogP contribution in [0.15, 0.2) is 60.9 Å². The van der Waals surface area contributed by atoms with Gasteiger partial charge in [-0.05, 0) is 49.0 Å². The van der Waals surface area contributed by atoms with Gasteiger partial charge in [-0.2, -0.15) is 0 Å². The molecule has 0 aliphatic carbocycles. The monoisotopic (exact) mass is 318 g/mol. The summed E-state index contributed by atoms with van der Waals surface area (Å²) in [7, 11) is 2.19. The quantitative estimate of drug-likeness (QED) is 0.803. The highest BCUT2D eigenvalue weighted by Gasteiger charge is 2.14. The molecule has 4 heteroatoms. The number of hydrogen-bond acceptors (Lipinski definition) is 3. The SMILES string of the molecule is CN1CCN(c2ccc(-c3ccc(-c4ccncc4)[nH]3)cc2)CC1. The molecule has 24 heavy (non-hydrogen) atoms. The predicted octanol–water partition coefficient (Wildman–Crippen LogP) is 3.50. The Morgan fingerprint density at radius 1 is 0.750 bits per heavy atom. The van der Waals surface area contributed by atoms with Crippen molar-refractivity contribution < 1.29 is 0 Å². The molecule has 0 amide bonds. The third kappa shape index (κ3) is 3.05. The van der Waals surface area contributed by atoms with Gasteiger partial charge in [0.25, 0.3) is 0 Å². The number of piperazine rings is 1. The average Bonchev–Trinajstić information content (AvgIpc) is 3.13. The second-order valence-electron chi connectivity index (χ2n) is 6.36. The van der Waals surface area contributed by atoms with Crippen molar-refractivity contribution in [1.82, 2.24) is 14.9 Å². The van der Waals surface area contributed by atoms with E-state index in [1.165, 1.54) is 11.3 Å². The first-order valence-electron chi connectivity index (χ1n) is 8.43. The van der Waals surface area contributed by atoms with Gasteiger partial charge >= 0.3 is 0 Å². The first-order valence-corrected chi connectivity index (χ1v) is 8.43. The van der Waals surface area contributed by atoms with Gasteiger partial charge < -0.3 is 14.8 Å². The molecule has 0 bridgehead atoms. The van der Waals surface area contributed by atoms with Gasteiger partial charge in [0.05, 0.1) is 0 Å². The zero-order valence-corrected chi connectivity index (χ0v) is 13.9. The van der Waals surface area contributed by atoms with Crippen molar-refractivity contribution in [3.05, 3.63) is 60.9 Å². The van der Waals surface area contributed by atoms with E-state index in [9.17, 15) is 0 Å². The van der Waals surface area contributed by atoms with E-state index < -0.39 is 0 Å². The van der Waals surface area contributed by atoms with Gasteiger partial charge in [-0.15, -0.1) is 0 Å². The van der Waals surface area contributed by atoms with Crippen LogP contribution < -0.4 is 4.90 Å². The molecule has 2 aromatic heterocycles. The van der Waals surface area contributed by atoms with Crippen LogP contribution in [0.2, 0.25) is 0 Å². The summed E-state index contributed by atoms with van der Waals surface area (Å²) in [5.74, 6) is 0. The molecule has 0 saturated carbocycles. The number of rotatable bonds is 3. The van der Waals surface area contributed by atoms with Crippen molar-refractivity contribution in [2.24, 2.45) is 0 Å². The normalized spacial score (nSPS) is 15.6. The minimum absolute atomic E-state index is 1.10. The number of aromatic amines is 1. The van der Waals surface area contributed by atoms with Gasteiger partial charge in [-0.25, -0.2) is 0 Å². The fourth-order valence-electron chi connectivity index (χ4n) is 3.18. The van der Waals surface area contributed by atoms with Crippen LogP contribution >= 0.6 is 0 Å². The molecule has 1 aromatic carbocycles. The smallest absolute Gasteiger partial charge is 0.0459 e. The van der Waals surface area contributed by atoms with Crippen LogP contribution in [0.25, 0.3) is 22.5 Å². The summed E-state index contributed by atoms with van der Waals surface area (Å²) >= 11 is 0. The highest BCUT2D eigenvalue weighted by molar-refractivity contribution is 5.69. The number of anilines is 1. The van der Waals surface area contributed by atoms with Crippen molar-refractivity contribution in [3.8, 4) is 22.5 Å². The number of nitrogens with one attached hydrogen (secondary N) is 1. The summed E-state index contributed by atoms with van der Waals surface area (Å²) in [6, 6.07) is 17.2. The molecule has 3 aromatic rings. The van der Waals surface area contributed by atoms with Crippen LogP contribution in [-0.4, -0.2) is 48.1 Å². The number of pyridine rings is 1. The molecular weight excluding hydrogens is 296 g/mol. The van der Waals surface area contributed by atoms with Crippen LogP contribution in [0.1, 0.15) is 0 Å². The van der Waals surface area contributed by atoms with Crippen molar-refractivity contribution in [3.63, 3.8) is 0 Å². The Hall–Kier alpha value is -2.59. The predicted molar refractivity (Wildman–Crippen MR) is 99.2 cm³/mol. The van der Waals surface area contributed by atoms with E-state index in [-0.39, 0.29) is 0 Å². The zero-order valence-electron chi connectivity index (χ0n) is 13.9. The maximum atomic E-state index is 4.07. The van der Waals surface area contributed by atoms with Crippen molar-refractivity contribution >= 4 is 5.69 Å². The maximum absolute atomic E-state index is 4.07. The minimum Gasteiger partial charge on any atom is -0.369 e. The molecule has 122 valence electrons. The summed E-state index contributed by atoms with van der Waals surface area (Å²) in [5, 5.41) is 0. The molecule has 1 N–H and O–H groups in total. The molecule has 0 spiro atoms. The number of benzene rings is 1. The van der Waals surface area contributed by atoms with Gasteiger partial charge in [-0.1, -0.05) is 12.1 Å². The van der Waals surface area contributed by atoms with E-state index in [2.05, 4.69) is 63.2 Å². The Morgan fingerprint density at radius 3 is 1.96 bits per heavy atom. The second-order valence-corrected chi connectivity index (χ2v) is 6.36. The highest BCUT2D eigenvalue weighted by atomic mass is 15.2. The van der Waals surface area contributed by atoms with Gasteiger partial charge in [0.1, 0.15) is 0 Å². The summed E-state index contributed by atoms with van der Waals surface area (Å²) < 4.78 is 0. The number of nitrogens with zero attached hydrogens (tertiary/aromatic N) is 3. The molecule has 1 aliphatic rings. The third-order valence-electron chi connectivity index (χ3n) is 4.72. The fraction of sp³-hybridized carbons (Fsp3) is 0.250. The number of hydrogen-bond donors (Lipinski definition) is 1. The number of likely N-dealkylation sites (N-methyl/N-ethyl adjacent to an activating group) is 1. The Kier molecular flexibility index (Phi) is 4.05. The van der Waals surface area contributed by atoms with E-state index in [0.29, 0.717) is 0 Å². The minimum atomic E-state index is 1.10. The molecule has 4 rings (SSSR count). The first kappa shape index (κ1) is 15.0. The molecule has 1 fully saturated rings. The molecule has 0 atom stereocenters. The van der Waals surface area contributed by atoms with Crippen molar-refractivity contribution in [2.75, 3.05) is 38.1 Å². The van der Waals surface area contributed by atoms with Gasteiger partial charge in [-0.3, -0.25) is 4.98 Å². The fourth-order valence-corrected chi connectivity index (χ4v) is 3.18. The largest absolute Gasteiger partial charge is 0.369 e. The topological polar surface area (TPSA) is 35.2 Å². The molecule has 1 saturated heterocycles. The highest BCUT2D eigenvalue weighted by Crippen LogP contribution is 2.26. The Balaban J connectivity index is 1.52. The van der Waals surface area contributed by atoms with Crippen LogP contribution in [0.5, 0.6) is 0 Å². The molecule has 0 radical (unpaired) electrons. The van der Waals surface area contributed by atoms with Crippen molar-refractivity contribution in [2.45, 2.75) is 0 Å². The lowest BCUT2D eigenvalue weighted by Gasteiger charge is -2.34. The first-order chi connectivity index (χ1) is 11.8. The Bertz CT molecular complexity index is 784. The van der Waals surface area contributed by atoms with Gasteiger partial charge in [0.15, 0.2) is 0 Å². The van der Waals surface area contributed by atoms with E-state index in [1.54, 1.807) is 0 Å². The lowest BCUT2D eigenvalue weighted by Crippen LogP contribution is -2.44. The Labute approximate surface area is 142 Å². The third-order valence-corrected chi connectivity index (χ3v) is 4.72. The number of aromatic nitrogens is 2. The van der Waals surface area contributed by atoms with Crippen molar-refractivity contribution in [1.29, 1.82) is 0 Å². The molecule has 0 unspecified atom stereocenters. The van der Waals surface area contributed by atoms with E-state index in [0.717, 1.165) is 43.1 Å². The second kappa shape index (κ2) is 6.49. The van der Waals surface area contributed by atoms with Gasteiger partial charge in [0, 0.05) is 61.2 Å². The lowest BCUT2D eigenvalue weighted by molar-refractivity contribution is 0.313. The van der Waals surface area contributed by atoms with Crippen LogP contribution in [-0.2, 0) is 0 Å². The molecule has 1 aliphatic heterocycles. The van der Waals surface area contributed by atoms with Crippen LogP contribution in [0, 0.1) is 0 Å². The summed E-state index contributed by atoms with van der Waals surface area (Å²) in [6.07, 6.45) is 3.64. The summed E-state index contributed by atoms with van der Waals surface area (Å²) in [6.45, 7) is 4.47. The van der Waals surface area contributed by atoms with Crippen LogP contribution in [0.4, 0.5) is 5.69 Å². The molecular formula is C20H22N4. The average molecular weight is 318 g/mol. The standard InChI is InChI=1S/C20H22N4/c1-23-12-14-24(15-13-23)18-4-2-16(3-5-18)19-6-7-20(22-19)17-8-10-21-11-9-17/h2-11,22H,12-15H2,1H3. The van der Waals surface area contributed by atoms with E-state index in [1.807, 2.05) is 24.5 Å². The Morgan fingerprint density at radius 2 is 1.33 bits per heavy atom. The number of H-pyrrole nitrogens is 1. The van der Waals surface area contributed by atoms with Crippen LogP contribution in [0.3, 0.4) is 0 Å². The molecule has 4 nitrogen and oxygen atoms in total. The van der Waals surface area contributed by atoms with E-state index in [4.69, 9.17) is 0 Å². The zero-order chi connectivity index (χ0) is 16.4. The summed E-state index contributed by atoms with van der Waals surface area (Å²) in [4.78, 5) is 12.4. The van der Waals surface area contributed by atoms with E-state index >= 15 is 0 Å². The van der Waals surface area contributed by atoms with Gasteiger partial charge in [0.2, 0.25) is 0 Å². The molecule has 3 heterocycles. The maximum Gasteiger partial charge on any atom is 0.0459 e.